The normalized spacial score (nSPS) is 13.3. The van der Waals surface area contributed by atoms with Gasteiger partial charge in [0.25, 0.3) is 0 Å². The maximum Gasteiger partial charge on any atom is 0.0455 e. The number of rotatable bonds is 2. The van der Waals surface area contributed by atoms with Crippen molar-refractivity contribution in [3.8, 4) is 22.3 Å². The summed E-state index contributed by atoms with van der Waals surface area (Å²) in [5, 5.41) is 3.65. The van der Waals surface area contributed by atoms with Gasteiger partial charge in [0.2, 0.25) is 0 Å². The number of hydrogen-bond acceptors (Lipinski definition) is 1. The summed E-state index contributed by atoms with van der Waals surface area (Å²) >= 11 is 0. The van der Waals surface area contributed by atoms with Crippen LogP contribution in [0.25, 0.3) is 22.3 Å². The Morgan fingerprint density at radius 3 is 2.35 bits per heavy atom. The average Bonchev–Trinajstić information content (AvgIpc) is 2.62. The Morgan fingerprint density at radius 1 is 0.783 bits per heavy atom. The van der Waals surface area contributed by atoms with Crippen LogP contribution in [0.5, 0.6) is 0 Å². The summed E-state index contributed by atoms with van der Waals surface area (Å²) in [5.74, 6) is 0. The highest BCUT2D eigenvalue weighted by Crippen LogP contribution is 2.41. The molecule has 114 valence electrons. The lowest BCUT2D eigenvalue weighted by molar-refractivity contribution is 0.830. The Bertz CT molecular complexity index is 834. The fourth-order valence-corrected chi connectivity index (χ4v) is 3.57. The molecule has 1 aliphatic rings. The third-order valence-electron chi connectivity index (χ3n) is 4.71. The topological polar surface area (TPSA) is 12.0 Å². The summed E-state index contributed by atoms with van der Waals surface area (Å²) in [7, 11) is 0. The van der Waals surface area contributed by atoms with E-state index in [4.69, 9.17) is 0 Å². The molecule has 0 atom stereocenters. The van der Waals surface area contributed by atoms with E-state index >= 15 is 0 Å². The van der Waals surface area contributed by atoms with Crippen molar-refractivity contribution in [1.82, 2.24) is 0 Å². The molecule has 0 saturated heterocycles. The van der Waals surface area contributed by atoms with Crippen LogP contribution in [0, 0.1) is 6.92 Å². The van der Waals surface area contributed by atoms with Crippen molar-refractivity contribution in [1.29, 1.82) is 0 Å². The van der Waals surface area contributed by atoms with Gasteiger partial charge in [-0.15, -0.1) is 0 Å². The number of nitrogens with one attached hydrogen (secondary N) is 1. The van der Waals surface area contributed by atoms with Crippen LogP contribution >= 0.6 is 0 Å². The quantitative estimate of drug-likeness (QED) is 0.641. The monoisotopic (exact) mass is 299 g/mol. The first-order valence-corrected chi connectivity index (χ1v) is 8.36. The van der Waals surface area contributed by atoms with Gasteiger partial charge in [0, 0.05) is 17.8 Å². The minimum absolute atomic E-state index is 1.07. The van der Waals surface area contributed by atoms with Crippen LogP contribution in [0.15, 0.2) is 66.7 Å². The van der Waals surface area contributed by atoms with Crippen LogP contribution in [0.1, 0.15) is 17.5 Å². The third kappa shape index (κ3) is 2.53. The van der Waals surface area contributed by atoms with Gasteiger partial charge in [-0.2, -0.15) is 0 Å². The van der Waals surface area contributed by atoms with E-state index in [1.54, 1.807) is 0 Å². The molecular formula is C22H21N. The third-order valence-corrected chi connectivity index (χ3v) is 4.71. The fraction of sp³-hybridized carbons (Fsp3) is 0.182. The van der Waals surface area contributed by atoms with Crippen molar-refractivity contribution < 1.29 is 0 Å². The first-order chi connectivity index (χ1) is 11.3. The van der Waals surface area contributed by atoms with E-state index in [0.717, 1.165) is 6.54 Å². The molecule has 0 fully saturated rings. The molecule has 0 radical (unpaired) electrons. The number of anilines is 1. The van der Waals surface area contributed by atoms with Crippen LogP contribution in [-0.2, 0) is 6.42 Å². The van der Waals surface area contributed by atoms with E-state index in [2.05, 4.69) is 79.0 Å². The molecule has 0 spiro atoms. The van der Waals surface area contributed by atoms with E-state index in [-0.39, 0.29) is 0 Å². The number of fused-ring (bicyclic) bond motifs is 1. The van der Waals surface area contributed by atoms with Gasteiger partial charge >= 0.3 is 0 Å². The molecule has 3 aromatic rings. The van der Waals surface area contributed by atoms with Gasteiger partial charge in [0.1, 0.15) is 0 Å². The van der Waals surface area contributed by atoms with Crippen LogP contribution in [0.2, 0.25) is 0 Å². The number of benzene rings is 3. The van der Waals surface area contributed by atoms with Gasteiger partial charge in [0.15, 0.2) is 0 Å². The Hall–Kier alpha value is -2.54. The van der Waals surface area contributed by atoms with Crippen molar-refractivity contribution in [2.45, 2.75) is 19.8 Å². The average molecular weight is 299 g/mol. The van der Waals surface area contributed by atoms with E-state index < -0.39 is 0 Å². The molecule has 1 heterocycles. The lowest BCUT2D eigenvalue weighted by Gasteiger charge is -2.24. The van der Waals surface area contributed by atoms with Crippen molar-refractivity contribution in [2.24, 2.45) is 0 Å². The number of aryl methyl sites for hydroxylation is 2. The van der Waals surface area contributed by atoms with Gasteiger partial charge < -0.3 is 5.32 Å². The molecule has 0 unspecified atom stereocenters. The molecule has 23 heavy (non-hydrogen) atoms. The van der Waals surface area contributed by atoms with Gasteiger partial charge in [-0.25, -0.2) is 0 Å². The summed E-state index contributed by atoms with van der Waals surface area (Å²) in [4.78, 5) is 0. The molecule has 1 heteroatoms. The molecule has 0 amide bonds. The highest BCUT2D eigenvalue weighted by atomic mass is 14.9. The Labute approximate surface area is 138 Å². The first kappa shape index (κ1) is 14.1. The smallest absolute Gasteiger partial charge is 0.0455 e. The molecule has 0 aromatic heterocycles. The molecule has 0 saturated carbocycles. The van der Waals surface area contributed by atoms with Gasteiger partial charge in [-0.3, -0.25) is 0 Å². The van der Waals surface area contributed by atoms with E-state index in [1.165, 1.54) is 51.9 Å². The zero-order chi connectivity index (χ0) is 15.6. The standard InChI is InChI=1S/C22H21N/c1-16-13-14-18-10-7-15-23-22(18)21(16)20-12-6-5-11-19(20)17-8-3-2-4-9-17/h2-6,8-9,11-14,23H,7,10,15H2,1H3. The van der Waals surface area contributed by atoms with E-state index in [9.17, 15) is 0 Å². The second-order valence-electron chi connectivity index (χ2n) is 6.23. The zero-order valence-corrected chi connectivity index (χ0v) is 13.5. The highest BCUT2D eigenvalue weighted by molar-refractivity contribution is 5.92. The molecule has 1 nitrogen and oxygen atoms in total. The Morgan fingerprint density at radius 2 is 1.52 bits per heavy atom. The lowest BCUT2D eigenvalue weighted by Crippen LogP contribution is -2.13. The second kappa shape index (κ2) is 5.92. The zero-order valence-electron chi connectivity index (χ0n) is 13.5. The molecule has 3 aromatic carbocycles. The maximum absolute atomic E-state index is 3.65. The van der Waals surface area contributed by atoms with Crippen LogP contribution < -0.4 is 5.32 Å². The molecule has 0 aliphatic carbocycles. The summed E-state index contributed by atoms with van der Waals surface area (Å²) in [6, 6.07) is 24.0. The number of hydrogen-bond donors (Lipinski definition) is 1. The molecule has 4 rings (SSSR count). The van der Waals surface area contributed by atoms with Gasteiger partial charge in [-0.1, -0.05) is 66.7 Å². The SMILES string of the molecule is Cc1ccc2c(c1-c1ccccc1-c1ccccc1)NCCC2. The van der Waals surface area contributed by atoms with Crippen LogP contribution in [-0.4, -0.2) is 6.54 Å². The van der Waals surface area contributed by atoms with Crippen molar-refractivity contribution in [3.05, 3.63) is 77.9 Å². The predicted molar refractivity (Wildman–Crippen MR) is 98.9 cm³/mol. The summed E-state index contributed by atoms with van der Waals surface area (Å²) in [6.45, 7) is 3.28. The minimum atomic E-state index is 1.07. The largest absolute Gasteiger partial charge is 0.384 e. The Kier molecular flexibility index (Phi) is 3.63. The van der Waals surface area contributed by atoms with Gasteiger partial charge in [-0.05, 0) is 47.6 Å². The Balaban J connectivity index is 1.96. The summed E-state index contributed by atoms with van der Waals surface area (Å²) in [6.07, 6.45) is 2.39. The minimum Gasteiger partial charge on any atom is -0.384 e. The second-order valence-corrected chi connectivity index (χ2v) is 6.23. The van der Waals surface area contributed by atoms with Crippen molar-refractivity contribution in [2.75, 3.05) is 11.9 Å². The summed E-state index contributed by atoms with van der Waals surface area (Å²) in [5.41, 5.74) is 9.37. The van der Waals surface area contributed by atoms with E-state index in [1.807, 2.05) is 0 Å². The highest BCUT2D eigenvalue weighted by Gasteiger charge is 2.18. The van der Waals surface area contributed by atoms with Crippen molar-refractivity contribution >= 4 is 5.69 Å². The van der Waals surface area contributed by atoms with E-state index in [0.29, 0.717) is 0 Å². The lowest BCUT2D eigenvalue weighted by atomic mass is 9.87. The molecule has 0 bridgehead atoms. The maximum atomic E-state index is 3.65. The van der Waals surface area contributed by atoms with Crippen LogP contribution in [0.4, 0.5) is 5.69 Å². The summed E-state index contributed by atoms with van der Waals surface area (Å²) < 4.78 is 0. The molecule has 1 aliphatic heterocycles. The van der Waals surface area contributed by atoms with Gasteiger partial charge in [0.05, 0.1) is 0 Å². The molecule has 1 N–H and O–H groups in total. The predicted octanol–water partition coefficient (Wildman–Crippen LogP) is 5.69. The van der Waals surface area contributed by atoms with Crippen LogP contribution in [0.3, 0.4) is 0 Å². The molecular weight excluding hydrogens is 278 g/mol. The fourth-order valence-electron chi connectivity index (χ4n) is 3.57. The van der Waals surface area contributed by atoms with Crippen molar-refractivity contribution in [3.63, 3.8) is 0 Å². The first-order valence-electron chi connectivity index (χ1n) is 8.36.